The van der Waals surface area contributed by atoms with E-state index in [0.717, 1.165) is 38.7 Å². The fourth-order valence-corrected chi connectivity index (χ4v) is 5.80. The lowest BCUT2D eigenvalue weighted by Crippen LogP contribution is -2.58. The maximum Gasteiger partial charge on any atom is 0.193 e. The molecule has 1 aliphatic carbocycles. The Bertz CT molecular complexity index is 555. The highest BCUT2D eigenvalue weighted by atomic mass is 16.5. The number of ether oxygens (including phenoxy) is 1. The van der Waals surface area contributed by atoms with Crippen LogP contribution in [0, 0.1) is 0 Å². The van der Waals surface area contributed by atoms with Gasteiger partial charge >= 0.3 is 0 Å². The normalized spacial score (nSPS) is 29.9. The average Bonchev–Trinajstić information content (AvgIpc) is 3.50. The quantitative estimate of drug-likeness (QED) is 0.442. The van der Waals surface area contributed by atoms with Crippen molar-refractivity contribution in [1.29, 1.82) is 0 Å². The molecule has 3 aliphatic heterocycles. The van der Waals surface area contributed by atoms with Gasteiger partial charge in [0.1, 0.15) is 0 Å². The molecule has 3 fully saturated rings. The third kappa shape index (κ3) is 4.24. The lowest BCUT2D eigenvalue weighted by Gasteiger charge is -2.45. The molecule has 1 N–H and O–H groups in total. The van der Waals surface area contributed by atoms with Gasteiger partial charge in [0.05, 0.1) is 6.10 Å². The summed E-state index contributed by atoms with van der Waals surface area (Å²) in [6, 6.07) is 0.669. The minimum Gasteiger partial charge on any atom is -0.381 e. The van der Waals surface area contributed by atoms with Crippen LogP contribution in [0.5, 0.6) is 0 Å². The predicted octanol–water partition coefficient (Wildman–Crippen LogP) is 1.93. The zero-order valence-electron chi connectivity index (χ0n) is 17.9. The first-order valence-corrected chi connectivity index (χ1v) is 11.4. The van der Waals surface area contributed by atoms with Gasteiger partial charge in [0.25, 0.3) is 0 Å². The molecular weight excluding hydrogens is 350 g/mol. The van der Waals surface area contributed by atoms with Crippen LogP contribution in [0.3, 0.4) is 0 Å². The molecule has 4 aliphatic rings. The third-order valence-electron chi connectivity index (χ3n) is 7.59. The van der Waals surface area contributed by atoms with E-state index in [0.29, 0.717) is 17.7 Å². The lowest BCUT2D eigenvalue weighted by molar-refractivity contribution is -0.00177. The number of likely N-dealkylation sites (tertiary alicyclic amines) is 2. The molecule has 0 radical (unpaired) electrons. The Morgan fingerprint density at radius 3 is 2.46 bits per heavy atom. The standard InChI is InChI=1S/C22H39N5O/c1-23-21(26-14-7-19(17-26)25-12-5-6-13-25)24-18-22(10-3-4-11-22)27-15-8-20(28-2)9-16-27/h5-6,19-20H,3-4,7-18H2,1-2H3,(H,23,24). The molecule has 0 aromatic heterocycles. The van der Waals surface area contributed by atoms with Crippen LogP contribution in [0.25, 0.3) is 0 Å². The van der Waals surface area contributed by atoms with Crippen LogP contribution < -0.4 is 5.32 Å². The summed E-state index contributed by atoms with van der Waals surface area (Å²) < 4.78 is 5.59. The first-order valence-electron chi connectivity index (χ1n) is 11.4. The fourth-order valence-electron chi connectivity index (χ4n) is 5.80. The maximum absolute atomic E-state index is 5.59. The Kier molecular flexibility index (Phi) is 6.59. The van der Waals surface area contributed by atoms with E-state index >= 15 is 0 Å². The minimum absolute atomic E-state index is 0.312. The highest BCUT2D eigenvalue weighted by molar-refractivity contribution is 5.80. The van der Waals surface area contributed by atoms with Crippen molar-refractivity contribution in [2.45, 2.75) is 62.6 Å². The average molecular weight is 390 g/mol. The van der Waals surface area contributed by atoms with E-state index in [4.69, 9.17) is 4.74 Å². The number of nitrogens with zero attached hydrogens (tertiary/aromatic N) is 4. The molecule has 28 heavy (non-hydrogen) atoms. The molecule has 2 saturated heterocycles. The molecule has 0 amide bonds. The second kappa shape index (κ2) is 9.14. The van der Waals surface area contributed by atoms with Gasteiger partial charge < -0.3 is 15.0 Å². The highest BCUT2D eigenvalue weighted by Gasteiger charge is 2.41. The number of nitrogens with one attached hydrogen (secondary N) is 1. The van der Waals surface area contributed by atoms with Crippen molar-refractivity contribution in [2.24, 2.45) is 4.99 Å². The summed E-state index contributed by atoms with van der Waals surface area (Å²) in [7, 11) is 3.80. The molecule has 158 valence electrons. The molecule has 0 aromatic carbocycles. The van der Waals surface area contributed by atoms with Crippen molar-refractivity contribution in [1.82, 2.24) is 20.0 Å². The Hall–Kier alpha value is -1.11. The highest BCUT2D eigenvalue weighted by Crippen LogP contribution is 2.37. The summed E-state index contributed by atoms with van der Waals surface area (Å²) in [6.45, 7) is 7.83. The van der Waals surface area contributed by atoms with Crippen LogP contribution in [0.4, 0.5) is 0 Å². The monoisotopic (exact) mass is 389 g/mol. The first-order chi connectivity index (χ1) is 13.7. The van der Waals surface area contributed by atoms with Gasteiger partial charge in [-0.3, -0.25) is 14.8 Å². The number of piperidine rings is 1. The summed E-state index contributed by atoms with van der Waals surface area (Å²) in [5.74, 6) is 1.10. The van der Waals surface area contributed by atoms with Crippen molar-refractivity contribution in [2.75, 3.05) is 60.0 Å². The zero-order valence-corrected chi connectivity index (χ0v) is 17.9. The van der Waals surface area contributed by atoms with Crippen LogP contribution >= 0.6 is 0 Å². The van der Waals surface area contributed by atoms with Gasteiger partial charge in [-0.25, -0.2) is 0 Å². The molecular formula is C22H39N5O. The molecule has 6 heteroatoms. The summed E-state index contributed by atoms with van der Waals surface area (Å²) in [5, 5.41) is 3.80. The topological polar surface area (TPSA) is 43.3 Å². The van der Waals surface area contributed by atoms with E-state index in [2.05, 4.69) is 37.2 Å². The summed E-state index contributed by atoms with van der Waals surface area (Å²) >= 11 is 0. The first kappa shape index (κ1) is 20.2. The van der Waals surface area contributed by atoms with E-state index in [1.54, 1.807) is 0 Å². The second-order valence-corrected chi connectivity index (χ2v) is 9.07. The van der Waals surface area contributed by atoms with Gasteiger partial charge in [-0.05, 0) is 32.1 Å². The van der Waals surface area contributed by atoms with Crippen LogP contribution in [0.2, 0.25) is 0 Å². The van der Waals surface area contributed by atoms with Crippen molar-refractivity contribution in [3.8, 4) is 0 Å². The predicted molar refractivity (Wildman–Crippen MR) is 115 cm³/mol. The maximum atomic E-state index is 5.59. The van der Waals surface area contributed by atoms with Gasteiger partial charge in [-0.2, -0.15) is 0 Å². The van der Waals surface area contributed by atoms with E-state index in [1.807, 2.05) is 14.2 Å². The van der Waals surface area contributed by atoms with Gasteiger partial charge in [0.15, 0.2) is 5.96 Å². The molecule has 1 unspecified atom stereocenters. The van der Waals surface area contributed by atoms with Gasteiger partial charge in [-0.15, -0.1) is 0 Å². The van der Waals surface area contributed by atoms with Crippen LogP contribution in [0.1, 0.15) is 44.9 Å². The number of hydrogen-bond donors (Lipinski definition) is 1. The van der Waals surface area contributed by atoms with Crippen molar-refractivity contribution in [3.05, 3.63) is 12.2 Å². The van der Waals surface area contributed by atoms with Crippen molar-refractivity contribution in [3.63, 3.8) is 0 Å². The van der Waals surface area contributed by atoms with Crippen LogP contribution in [-0.2, 0) is 4.74 Å². The number of methoxy groups -OCH3 is 1. The molecule has 1 saturated carbocycles. The van der Waals surface area contributed by atoms with E-state index in [9.17, 15) is 0 Å². The Morgan fingerprint density at radius 1 is 1.11 bits per heavy atom. The smallest absolute Gasteiger partial charge is 0.193 e. The molecule has 4 rings (SSSR count). The third-order valence-corrected chi connectivity index (χ3v) is 7.59. The Morgan fingerprint density at radius 2 is 1.82 bits per heavy atom. The summed E-state index contributed by atoms with van der Waals surface area (Å²) in [5.41, 5.74) is 0.312. The Labute approximate surface area is 171 Å². The molecule has 0 aromatic rings. The number of aliphatic imine (C=N–C) groups is 1. The second-order valence-electron chi connectivity index (χ2n) is 9.07. The molecule has 3 heterocycles. The molecule has 0 spiro atoms. The summed E-state index contributed by atoms with van der Waals surface area (Å²) in [6.07, 6.45) is 14.0. The Balaban J connectivity index is 1.33. The number of hydrogen-bond acceptors (Lipinski definition) is 4. The minimum atomic E-state index is 0.312. The van der Waals surface area contributed by atoms with Crippen molar-refractivity contribution >= 4 is 5.96 Å². The number of guanidine groups is 1. The van der Waals surface area contributed by atoms with Crippen molar-refractivity contribution < 1.29 is 4.74 Å². The molecule has 1 atom stereocenters. The SMILES string of the molecule is CN=C(NCC1(N2CCC(OC)CC2)CCCC1)N1CCC(N2CC=CC2)C1. The zero-order chi connectivity index (χ0) is 19.4. The van der Waals surface area contributed by atoms with Gasteiger partial charge in [0.2, 0.25) is 0 Å². The van der Waals surface area contributed by atoms with Gasteiger partial charge in [0, 0.05) is 71.6 Å². The van der Waals surface area contributed by atoms with E-state index < -0.39 is 0 Å². The number of rotatable bonds is 5. The molecule has 6 nitrogen and oxygen atoms in total. The largest absolute Gasteiger partial charge is 0.381 e. The van der Waals surface area contributed by atoms with Gasteiger partial charge in [-0.1, -0.05) is 25.0 Å². The fraction of sp³-hybridized carbons (Fsp3) is 0.864. The van der Waals surface area contributed by atoms with Crippen LogP contribution in [-0.4, -0.2) is 98.3 Å². The summed E-state index contributed by atoms with van der Waals surface area (Å²) in [4.78, 5) is 12.5. The lowest BCUT2D eigenvalue weighted by atomic mass is 9.91. The van der Waals surface area contributed by atoms with E-state index in [-0.39, 0.29) is 0 Å². The molecule has 0 bridgehead atoms. The van der Waals surface area contributed by atoms with E-state index in [1.165, 1.54) is 58.0 Å². The van der Waals surface area contributed by atoms with Crippen LogP contribution in [0.15, 0.2) is 17.1 Å².